The maximum Gasteiger partial charge on any atom is 0.252 e. The second-order valence-electron chi connectivity index (χ2n) is 6.38. The lowest BCUT2D eigenvalue weighted by Crippen LogP contribution is -2.34. The predicted molar refractivity (Wildman–Crippen MR) is 89.2 cm³/mol. The number of aliphatic hydroxyl groups is 1. The number of rotatable bonds is 4. The SMILES string of the molecule is O=C(Cc1cc2ccccc2[nH]c1=O)NCC1CCCC(O)C1. The molecular weight excluding hydrogens is 292 g/mol. The number of aromatic amines is 1. The average Bonchev–Trinajstić information content (AvgIpc) is 2.54. The van der Waals surface area contributed by atoms with Crippen molar-refractivity contribution >= 4 is 16.8 Å². The number of carbonyl (C=O) groups is 1. The van der Waals surface area contributed by atoms with Crippen molar-refractivity contribution in [1.29, 1.82) is 0 Å². The first-order chi connectivity index (χ1) is 11.1. The van der Waals surface area contributed by atoms with Crippen LogP contribution in [0.4, 0.5) is 0 Å². The zero-order chi connectivity index (χ0) is 16.2. The third-order valence-corrected chi connectivity index (χ3v) is 4.52. The Morgan fingerprint density at radius 1 is 1.30 bits per heavy atom. The number of benzene rings is 1. The van der Waals surface area contributed by atoms with Crippen LogP contribution in [0.2, 0.25) is 0 Å². The molecule has 0 aliphatic heterocycles. The molecule has 1 aromatic heterocycles. The van der Waals surface area contributed by atoms with Gasteiger partial charge in [0.05, 0.1) is 12.5 Å². The third kappa shape index (κ3) is 3.99. The maximum absolute atomic E-state index is 12.1. The van der Waals surface area contributed by atoms with E-state index >= 15 is 0 Å². The molecule has 1 aliphatic rings. The summed E-state index contributed by atoms with van der Waals surface area (Å²) in [6.07, 6.45) is 3.48. The third-order valence-electron chi connectivity index (χ3n) is 4.52. The van der Waals surface area contributed by atoms with Gasteiger partial charge in [0, 0.05) is 17.6 Å². The molecule has 1 aliphatic carbocycles. The maximum atomic E-state index is 12.1. The van der Waals surface area contributed by atoms with Gasteiger partial charge in [0.1, 0.15) is 0 Å². The zero-order valence-electron chi connectivity index (χ0n) is 13.0. The van der Waals surface area contributed by atoms with Gasteiger partial charge in [-0.25, -0.2) is 0 Å². The number of aromatic nitrogens is 1. The minimum absolute atomic E-state index is 0.0788. The Kier molecular flexibility index (Phi) is 4.76. The van der Waals surface area contributed by atoms with E-state index in [4.69, 9.17) is 0 Å². The summed E-state index contributed by atoms with van der Waals surface area (Å²) in [5.41, 5.74) is 1.04. The Bertz CT molecular complexity index is 753. The van der Waals surface area contributed by atoms with Crippen molar-refractivity contribution in [2.45, 2.75) is 38.2 Å². The summed E-state index contributed by atoms with van der Waals surface area (Å²) < 4.78 is 0. The van der Waals surface area contributed by atoms with Crippen LogP contribution in [-0.4, -0.2) is 28.6 Å². The summed E-state index contributed by atoms with van der Waals surface area (Å²) in [5, 5.41) is 13.5. The monoisotopic (exact) mass is 314 g/mol. The van der Waals surface area contributed by atoms with Gasteiger partial charge in [-0.15, -0.1) is 0 Å². The molecule has 1 saturated carbocycles. The van der Waals surface area contributed by atoms with E-state index in [1.807, 2.05) is 24.3 Å². The Labute approximate surface area is 134 Å². The number of para-hydroxylation sites is 1. The number of aliphatic hydroxyl groups excluding tert-OH is 1. The minimum Gasteiger partial charge on any atom is -0.393 e. The Morgan fingerprint density at radius 2 is 2.13 bits per heavy atom. The Balaban J connectivity index is 1.61. The predicted octanol–water partition coefficient (Wildman–Crippen LogP) is 1.74. The van der Waals surface area contributed by atoms with Gasteiger partial charge < -0.3 is 15.4 Å². The molecule has 23 heavy (non-hydrogen) atoms. The van der Waals surface area contributed by atoms with Crippen molar-refractivity contribution in [1.82, 2.24) is 10.3 Å². The Morgan fingerprint density at radius 3 is 2.96 bits per heavy atom. The molecule has 0 bridgehead atoms. The summed E-state index contributed by atoms with van der Waals surface area (Å²) >= 11 is 0. The fourth-order valence-electron chi connectivity index (χ4n) is 3.27. The molecule has 2 unspecified atom stereocenters. The van der Waals surface area contributed by atoms with Gasteiger partial charge in [0.15, 0.2) is 0 Å². The highest BCUT2D eigenvalue weighted by molar-refractivity contribution is 5.82. The van der Waals surface area contributed by atoms with Gasteiger partial charge in [0.2, 0.25) is 5.91 Å². The molecule has 3 rings (SSSR count). The number of fused-ring (bicyclic) bond motifs is 1. The minimum atomic E-state index is -0.242. The van der Waals surface area contributed by atoms with Gasteiger partial charge in [-0.2, -0.15) is 0 Å². The van der Waals surface area contributed by atoms with E-state index in [1.54, 1.807) is 6.07 Å². The highest BCUT2D eigenvalue weighted by Crippen LogP contribution is 2.23. The first-order valence-electron chi connectivity index (χ1n) is 8.17. The molecule has 3 N–H and O–H groups in total. The summed E-state index contributed by atoms with van der Waals surface area (Å²) in [5.74, 6) is 0.184. The highest BCUT2D eigenvalue weighted by atomic mass is 16.3. The molecule has 2 aromatic rings. The zero-order valence-corrected chi connectivity index (χ0v) is 13.0. The molecule has 5 nitrogen and oxygen atoms in total. The van der Waals surface area contributed by atoms with Gasteiger partial charge in [-0.05, 0) is 42.7 Å². The number of hydrogen-bond donors (Lipinski definition) is 3. The molecule has 1 aromatic carbocycles. The average molecular weight is 314 g/mol. The number of nitrogens with one attached hydrogen (secondary N) is 2. The Hall–Kier alpha value is -2.14. The largest absolute Gasteiger partial charge is 0.393 e. The van der Waals surface area contributed by atoms with Crippen molar-refractivity contribution in [3.05, 3.63) is 46.2 Å². The lowest BCUT2D eigenvalue weighted by atomic mass is 9.87. The normalized spacial score (nSPS) is 21.3. The lowest BCUT2D eigenvalue weighted by molar-refractivity contribution is -0.120. The van der Waals surface area contributed by atoms with Crippen LogP contribution < -0.4 is 10.9 Å². The van der Waals surface area contributed by atoms with Crippen LogP contribution in [0, 0.1) is 5.92 Å². The molecule has 122 valence electrons. The van der Waals surface area contributed by atoms with Crippen LogP contribution >= 0.6 is 0 Å². The molecule has 5 heteroatoms. The second kappa shape index (κ2) is 6.96. The van der Waals surface area contributed by atoms with Gasteiger partial charge in [-0.3, -0.25) is 9.59 Å². The molecule has 1 heterocycles. The highest BCUT2D eigenvalue weighted by Gasteiger charge is 2.20. The molecule has 0 spiro atoms. The standard InChI is InChI=1S/C18H22N2O3/c21-15-6-3-4-12(8-15)11-19-17(22)10-14-9-13-5-1-2-7-16(13)20-18(14)23/h1-2,5,7,9,12,15,21H,3-4,6,8,10-11H2,(H,19,22)(H,20,23). The quantitative estimate of drug-likeness (QED) is 0.804. The molecular formula is C18H22N2O3. The summed E-state index contributed by atoms with van der Waals surface area (Å²) in [7, 11) is 0. The van der Waals surface area contributed by atoms with E-state index in [9.17, 15) is 14.7 Å². The second-order valence-corrected chi connectivity index (χ2v) is 6.38. The van der Waals surface area contributed by atoms with E-state index in [2.05, 4.69) is 10.3 Å². The fourth-order valence-corrected chi connectivity index (χ4v) is 3.27. The van der Waals surface area contributed by atoms with E-state index in [1.165, 1.54) is 0 Å². The van der Waals surface area contributed by atoms with Gasteiger partial charge in [-0.1, -0.05) is 24.6 Å². The smallest absolute Gasteiger partial charge is 0.252 e. The van der Waals surface area contributed by atoms with Gasteiger partial charge in [0.25, 0.3) is 5.56 Å². The molecule has 1 amide bonds. The number of H-pyrrole nitrogens is 1. The molecule has 1 fully saturated rings. The summed E-state index contributed by atoms with van der Waals surface area (Å²) in [6.45, 7) is 0.571. The lowest BCUT2D eigenvalue weighted by Gasteiger charge is -2.25. The van der Waals surface area contributed by atoms with Crippen molar-refractivity contribution in [3.8, 4) is 0 Å². The molecule has 0 saturated heterocycles. The van der Waals surface area contributed by atoms with Crippen LogP contribution in [0.25, 0.3) is 10.9 Å². The van der Waals surface area contributed by atoms with E-state index in [0.717, 1.165) is 36.6 Å². The topological polar surface area (TPSA) is 82.2 Å². The first-order valence-corrected chi connectivity index (χ1v) is 8.17. The van der Waals surface area contributed by atoms with Crippen molar-refractivity contribution < 1.29 is 9.90 Å². The summed E-state index contributed by atoms with van der Waals surface area (Å²) in [4.78, 5) is 27.0. The fraction of sp³-hybridized carbons (Fsp3) is 0.444. The van der Waals surface area contributed by atoms with Crippen molar-refractivity contribution in [2.75, 3.05) is 6.54 Å². The number of hydrogen-bond acceptors (Lipinski definition) is 3. The van der Waals surface area contributed by atoms with Crippen LogP contribution in [0.3, 0.4) is 0 Å². The van der Waals surface area contributed by atoms with Crippen LogP contribution in [0.5, 0.6) is 0 Å². The number of amides is 1. The van der Waals surface area contributed by atoms with Crippen LogP contribution in [0.15, 0.2) is 35.1 Å². The number of carbonyl (C=O) groups excluding carboxylic acids is 1. The van der Waals surface area contributed by atoms with Crippen LogP contribution in [0.1, 0.15) is 31.2 Å². The molecule has 2 atom stereocenters. The van der Waals surface area contributed by atoms with E-state index < -0.39 is 0 Å². The van der Waals surface area contributed by atoms with Crippen molar-refractivity contribution in [3.63, 3.8) is 0 Å². The first kappa shape index (κ1) is 15.7. The van der Waals surface area contributed by atoms with Crippen LogP contribution in [-0.2, 0) is 11.2 Å². The van der Waals surface area contributed by atoms with E-state index in [-0.39, 0.29) is 24.0 Å². The van der Waals surface area contributed by atoms with E-state index in [0.29, 0.717) is 18.0 Å². The van der Waals surface area contributed by atoms with Crippen molar-refractivity contribution in [2.24, 2.45) is 5.92 Å². The molecule has 0 radical (unpaired) electrons. The summed E-state index contributed by atoms with van der Waals surface area (Å²) in [6, 6.07) is 9.30. The van der Waals surface area contributed by atoms with Gasteiger partial charge >= 0.3 is 0 Å². The number of pyridine rings is 1.